The molecule has 56 valence electrons. The number of fused-ring (bicyclic) bond motifs is 1. The topological polar surface area (TPSA) is 36.0 Å². The zero-order valence-corrected chi connectivity index (χ0v) is 7.22. The quantitative estimate of drug-likeness (QED) is 0.691. The molecular weight excluding hydrogens is 206 g/mol. The van der Waals surface area contributed by atoms with Crippen LogP contribution in [0, 0.1) is 0 Å². The van der Waals surface area contributed by atoms with Crippen molar-refractivity contribution >= 4 is 26.8 Å². The fourth-order valence-corrected chi connectivity index (χ4v) is 1.42. The third kappa shape index (κ3) is 0.922. The number of phenols is 1. The first-order chi connectivity index (χ1) is 5.29. The number of hydrogen-bond donors (Lipinski definition) is 2. The van der Waals surface area contributed by atoms with E-state index in [4.69, 9.17) is 0 Å². The average molecular weight is 212 g/mol. The molecule has 0 saturated heterocycles. The van der Waals surface area contributed by atoms with Crippen LogP contribution >= 0.6 is 15.9 Å². The molecule has 1 heterocycles. The molecule has 0 bridgehead atoms. The second-order valence-electron chi connectivity index (χ2n) is 2.34. The summed E-state index contributed by atoms with van der Waals surface area (Å²) in [4.78, 5) is 2.95. The van der Waals surface area contributed by atoms with Crippen LogP contribution in [0.4, 0.5) is 0 Å². The minimum Gasteiger partial charge on any atom is -0.505 e. The van der Waals surface area contributed by atoms with Gasteiger partial charge in [-0.25, -0.2) is 0 Å². The molecule has 0 atom stereocenters. The van der Waals surface area contributed by atoms with Crippen molar-refractivity contribution < 1.29 is 5.11 Å². The Balaban J connectivity index is 2.93. The summed E-state index contributed by atoms with van der Waals surface area (Å²) in [5, 5.41) is 10.5. The molecule has 0 aliphatic heterocycles. The Morgan fingerprint density at radius 2 is 2.09 bits per heavy atom. The van der Waals surface area contributed by atoms with Crippen molar-refractivity contribution in [3.63, 3.8) is 0 Å². The second kappa shape index (κ2) is 2.27. The monoisotopic (exact) mass is 211 g/mol. The molecule has 0 amide bonds. The van der Waals surface area contributed by atoms with Crippen LogP contribution in [0.3, 0.4) is 0 Å². The number of hydrogen-bond acceptors (Lipinski definition) is 1. The first kappa shape index (κ1) is 6.73. The van der Waals surface area contributed by atoms with Gasteiger partial charge in [0.05, 0.1) is 9.99 Å². The molecule has 0 unspecified atom stereocenters. The van der Waals surface area contributed by atoms with Gasteiger partial charge in [0.25, 0.3) is 0 Å². The number of nitrogens with one attached hydrogen (secondary N) is 1. The molecule has 2 rings (SSSR count). The van der Waals surface area contributed by atoms with Gasteiger partial charge in [-0.1, -0.05) is 6.07 Å². The van der Waals surface area contributed by atoms with Gasteiger partial charge in [-0.2, -0.15) is 0 Å². The van der Waals surface area contributed by atoms with Crippen molar-refractivity contribution in [1.29, 1.82) is 0 Å². The van der Waals surface area contributed by atoms with E-state index in [1.807, 2.05) is 18.2 Å². The summed E-state index contributed by atoms with van der Waals surface area (Å²) in [5.74, 6) is 0.271. The fourth-order valence-electron chi connectivity index (χ4n) is 1.09. The number of benzene rings is 1. The third-order valence-electron chi connectivity index (χ3n) is 1.65. The Kier molecular flexibility index (Phi) is 1.39. The lowest BCUT2D eigenvalue weighted by Gasteiger charge is -1.96. The van der Waals surface area contributed by atoms with Gasteiger partial charge in [0.2, 0.25) is 0 Å². The lowest BCUT2D eigenvalue weighted by molar-refractivity contribution is 0.477. The van der Waals surface area contributed by atoms with Crippen LogP contribution in [0.15, 0.2) is 28.9 Å². The predicted octanol–water partition coefficient (Wildman–Crippen LogP) is 2.64. The highest BCUT2D eigenvalue weighted by Gasteiger charge is 2.02. The molecule has 1 aromatic carbocycles. The van der Waals surface area contributed by atoms with Gasteiger partial charge in [-0.15, -0.1) is 0 Å². The van der Waals surface area contributed by atoms with Crippen molar-refractivity contribution in [2.24, 2.45) is 0 Å². The number of aromatic nitrogens is 1. The number of aromatic amines is 1. The van der Waals surface area contributed by atoms with Gasteiger partial charge in [0.1, 0.15) is 0 Å². The van der Waals surface area contributed by atoms with Gasteiger partial charge in [-0.05, 0) is 28.1 Å². The summed E-state index contributed by atoms with van der Waals surface area (Å²) in [6.45, 7) is 0. The molecule has 0 aliphatic carbocycles. The highest BCUT2D eigenvalue weighted by atomic mass is 79.9. The Morgan fingerprint density at radius 1 is 1.27 bits per heavy atom. The van der Waals surface area contributed by atoms with E-state index in [1.54, 1.807) is 6.20 Å². The molecule has 0 radical (unpaired) electrons. The van der Waals surface area contributed by atoms with Crippen molar-refractivity contribution in [2.75, 3.05) is 0 Å². The summed E-state index contributed by atoms with van der Waals surface area (Å²) in [6.07, 6.45) is 1.80. The lowest BCUT2D eigenvalue weighted by Crippen LogP contribution is -1.71. The SMILES string of the molecule is Oc1c(Br)ccc2cc[nH]c12. The van der Waals surface area contributed by atoms with E-state index in [1.165, 1.54) is 0 Å². The molecule has 0 fully saturated rings. The standard InChI is InChI=1S/C8H6BrNO/c9-6-2-1-5-3-4-10-7(5)8(6)11/h1-4,10-11H. The van der Waals surface area contributed by atoms with Crippen LogP contribution in [0.2, 0.25) is 0 Å². The smallest absolute Gasteiger partial charge is 0.153 e. The summed E-state index contributed by atoms with van der Waals surface area (Å²) in [7, 11) is 0. The second-order valence-corrected chi connectivity index (χ2v) is 3.19. The van der Waals surface area contributed by atoms with E-state index >= 15 is 0 Å². The van der Waals surface area contributed by atoms with Crippen molar-refractivity contribution in [3.05, 3.63) is 28.9 Å². The van der Waals surface area contributed by atoms with E-state index in [0.717, 1.165) is 10.9 Å². The molecule has 3 heteroatoms. The Bertz CT molecular complexity index is 394. The largest absolute Gasteiger partial charge is 0.505 e. The van der Waals surface area contributed by atoms with Gasteiger partial charge >= 0.3 is 0 Å². The van der Waals surface area contributed by atoms with Gasteiger partial charge in [0.15, 0.2) is 5.75 Å². The Hall–Kier alpha value is -0.960. The maximum Gasteiger partial charge on any atom is 0.153 e. The van der Waals surface area contributed by atoms with Crippen LogP contribution in [0.1, 0.15) is 0 Å². The molecule has 0 aliphatic rings. The molecule has 2 N–H and O–H groups in total. The van der Waals surface area contributed by atoms with Gasteiger partial charge < -0.3 is 10.1 Å². The Morgan fingerprint density at radius 3 is 2.91 bits per heavy atom. The van der Waals surface area contributed by atoms with Crippen LogP contribution in [0.5, 0.6) is 5.75 Å². The van der Waals surface area contributed by atoms with E-state index in [2.05, 4.69) is 20.9 Å². The molecular formula is C8H6BrNO. The minimum absolute atomic E-state index is 0.271. The summed E-state index contributed by atoms with van der Waals surface area (Å²) in [5.41, 5.74) is 0.777. The zero-order valence-electron chi connectivity index (χ0n) is 5.63. The maximum atomic E-state index is 9.47. The number of rotatable bonds is 0. The number of H-pyrrole nitrogens is 1. The van der Waals surface area contributed by atoms with Crippen molar-refractivity contribution in [1.82, 2.24) is 4.98 Å². The Labute approximate surface area is 72.0 Å². The summed E-state index contributed by atoms with van der Waals surface area (Å²) in [6, 6.07) is 5.68. The zero-order chi connectivity index (χ0) is 7.84. The molecule has 11 heavy (non-hydrogen) atoms. The number of halogens is 1. The van der Waals surface area contributed by atoms with E-state index in [-0.39, 0.29) is 5.75 Å². The van der Waals surface area contributed by atoms with E-state index in [9.17, 15) is 5.11 Å². The van der Waals surface area contributed by atoms with E-state index in [0.29, 0.717) is 4.47 Å². The predicted molar refractivity (Wildman–Crippen MR) is 47.7 cm³/mol. The van der Waals surface area contributed by atoms with Crippen LogP contribution in [0.25, 0.3) is 10.9 Å². The van der Waals surface area contributed by atoms with Gasteiger partial charge in [0, 0.05) is 11.6 Å². The number of phenolic OH excluding ortho intramolecular Hbond substituents is 1. The average Bonchev–Trinajstić information content (AvgIpc) is 2.45. The van der Waals surface area contributed by atoms with Gasteiger partial charge in [-0.3, -0.25) is 0 Å². The molecule has 0 spiro atoms. The van der Waals surface area contributed by atoms with Crippen molar-refractivity contribution in [2.45, 2.75) is 0 Å². The normalized spacial score (nSPS) is 10.6. The van der Waals surface area contributed by atoms with E-state index < -0.39 is 0 Å². The highest BCUT2D eigenvalue weighted by Crippen LogP contribution is 2.30. The number of aromatic hydroxyl groups is 1. The maximum absolute atomic E-state index is 9.47. The fraction of sp³-hybridized carbons (Fsp3) is 0. The third-order valence-corrected chi connectivity index (χ3v) is 2.29. The molecule has 1 aromatic heterocycles. The highest BCUT2D eigenvalue weighted by molar-refractivity contribution is 9.10. The first-order valence-corrected chi connectivity index (χ1v) is 4.03. The minimum atomic E-state index is 0.271. The van der Waals surface area contributed by atoms with Crippen LogP contribution < -0.4 is 0 Å². The summed E-state index contributed by atoms with van der Waals surface area (Å²) >= 11 is 3.23. The van der Waals surface area contributed by atoms with Crippen molar-refractivity contribution in [3.8, 4) is 5.75 Å². The first-order valence-electron chi connectivity index (χ1n) is 3.23. The summed E-state index contributed by atoms with van der Waals surface area (Å²) < 4.78 is 0.715. The molecule has 2 aromatic rings. The van der Waals surface area contributed by atoms with Crippen LogP contribution in [-0.2, 0) is 0 Å². The van der Waals surface area contributed by atoms with Crippen LogP contribution in [-0.4, -0.2) is 10.1 Å². The molecule has 2 nitrogen and oxygen atoms in total. The lowest BCUT2D eigenvalue weighted by atomic mass is 10.2. The molecule has 0 saturated carbocycles.